The zero-order valence-corrected chi connectivity index (χ0v) is 13.3. The van der Waals surface area contributed by atoms with Crippen LogP contribution in [0, 0.1) is 0 Å². The third kappa shape index (κ3) is 2.73. The lowest BCUT2D eigenvalue weighted by atomic mass is 9.96. The van der Waals surface area contributed by atoms with Crippen LogP contribution in [0.25, 0.3) is 10.2 Å². The molecule has 1 N–H and O–H groups in total. The minimum absolute atomic E-state index is 0.198. The van der Waals surface area contributed by atoms with Crippen LogP contribution in [0.5, 0.6) is 0 Å². The van der Waals surface area contributed by atoms with Gasteiger partial charge >= 0.3 is 0 Å². The summed E-state index contributed by atoms with van der Waals surface area (Å²) < 4.78 is 1.29. The highest BCUT2D eigenvalue weighted by molar-refractivity contribution is 7.18. The molecule has 1 aromatic heterocycles. The van der Waals surface area contributed by atoms with E-state index in [2.05, 4.69) is 55.3 Å². The molecular formula is C16H23N3S. The van der Waals surface area contributed by atoms with E-state index in [0.717, 1.165) is 25.2 Å². The Labute approximate surface area is 125 Å². The number of nitrogens with zero attached hydrogens (tertiary/aromatic N) is 2. The molecule has 1 aromatic carbocycles. The van der Waals surface area contributed by atoms with Crippen LogP contribution in [-0.4, -0.2) is 34.6 Å². The van der Waals surface area contributed by atoms with E-state index in [0.29, 0.717) is 6.04 Å². The second-order valence-electron chi connectivity index (χ2n) is 6.25. The van der Waals surface area contributed by atoms with Gasteiger partial charge in [0.05, 0.1) is 16.8 Å². The molecule has 3 rings (SSSR count). The third-order valence-electron chi connectivity index (χ3n) is 4.28. The highest BCUT2D eigenvalue weighted by Crippen LogP contribution is 2.27. The van der Waals surface area contributed by atoms with Crippen molar-refractivity contribution < 1.29 is 0 Å². The van der Waals surface area contributed by atoms with E-state index in [1.807, 2.05) is 11.3 Å². The smallest absolute Gasteiger partial charge is 0.108 e. The molecule has 3 nitrogen and oxygen atoms in total. The van der Waals surface area contributed by atoms with Gasteiger partial charge in [-0.15, -0.1) is 11.3 Å². The van der Waals surface area contributed by atoms with Crippen molar-refractivity contribution >= 4 is 21.6 Å². The molecule has 0 bridgehead atoms. The molecule has 1 aliphatic rings. The summed E-state index contributed by atoms with van der Waals surface area (Å²) in [6, 6.07) is 9.03. The Bertz CT molecular complexity index is 557. The summed E-state index contributed by atoms with van der Waals surface area (Å²) in [7, 11) is 0. The van der Waals surface area contributed by atoms with Crippen molar-refractivity contribution in [2.45, 2.75) is 45.3 Å². The number of piperazine rings is 1. The Morgan fingerprint density at radius 3 is 2.95 bits per heavy atom. The molecule has 1 unspecified atom stereocenters. The number of thiazole rings is 1. The first kappa shape index (κ1) is 14.0. The van der Waals surface area contributed by atoms with Crippen LogP contribution < -0.4 is 5.32 Å². The molecule has 20 heavy (non-hydrogen) atoms. The van der Waals surface area contributed by atoms with Crippen LogP contribution in [0.15, 0.2) is 24.3 Å². The maximum Gasteiger partial charge on any atom is 0.108 e. The van der Waals surface area contributed by atoms with Crippen LogP contribution in [0.3, 0.4) is 0 Å². The van der Waals surface area contributed by atoms with Crippen molar-refractivity contribution in [3.05, 3.63) is 29.3 Å². The Kier molecular flexibility index (Phi) is 3.80. The van der Waals surface area contributed by atoms with Gasteiger partial charge in [-0.05, 0) is 32.4 Å². The number of benzene rings is 1. The molecule has 1 atom stereocenters. The van der Waals surface area contributed by atoms with Gasteiger partial charge in [-0.25, -0.2) is 4.98 Å². The molecule has 2 aromatic rings. The number of rotatable bonds is 3. The van der Waals surface area contributed by atoms with Crippen molar-refractivity contribution in [3.63, 3.8) is 0 Å². The van der Waals surface area contributed by atoms with Gasteiger partial charge in [0, 0.05) is 24.7 Å². The van der Waals surface area contributed by atoms with E-state index in [4.69, 9.17) is 4.98 Å². The Morgan fingerprint density at radius 2 is 2.20 bits per heavy atom. The normalized spacial score (nSPS) is 23.2. The summed E-state index contributed by atoms with van der Waals surface area (Å²) in [5, 5.41) is 4.88. The summed E-state index contributed by atoms with van der Waals surface area (Å²) in [5.41, 5.74) is 1.33. The fourth-order valence-electron chi connectivity index (χ4n) is 2.79. The van der Waals surface area contributed by atoms with Crippen molar-refractivity contribution in [1.82, 2.24) is 15.2 Å². The molecule has 0 saturated carbocycles. The van der Waals surface area contributed by atoms with Crippen LogP contribution in [0.4, 0.5) is 0 Å². The molecule has 0 amide bonds. The highest BCUT2D eigenvalue weighted by atomic mass is 32.1. The summed E-state index contributed by atoms with van der Waals surface area (Å²) >= 11 is 1.83. The average Bonchev–Trinajstić information content (AvgIpc) is 2.83. The van der Waals surface area contributed by atoms with Gasteiger partial charge in [0.25, 0.3) is 0 Å². The van der Waals surface area contributed by atoms with E-state index < -0.39 is 0 Å². The summed E-state index contributed by atoms with van der Waals surface area (Å²) in [6.45, 7) is 10.0. The molecule has 2 heterocycles. The Morgan fingerprint density at radius 1 is 1.40 bits per heavy atom. The minimum Gasteiger partial charge on any atom is -0.311 e. The summed E-state index contributed by atoms with van der Waals surface area (Å²) in [5.74, 6) is 0. The van der Waals surface area contributed by atoms with Crippen molar-refractivity contribution in [2.24, 2.45) is 0 Å². The lowest BCUT2D eigenvalue weighted by Crippen LogP contribution is -2.61. The van der Waals surface area contributed by atoms with Crippen LogP contribution >= 0.6 is 11.3 Å². The molecule has 1 fully saturated rings. The first-order valence-electron chi connectivity index (χ1n) is 7.41. The first-order chi connectivity index (χ1) is 9.58. The van der Waals surface area contributed by atoms with Crippen LogP contribution in [-0.2, 0) is 6.54 Å². The number of fused-ring (bicyclic) bond motifs is 1. The van der Waals surface area contributed by atoms with E-state index in [1.165, 1.54) is 16.1 Å². The molecule has 1 saturated heterocycles. The summed E-state index contributed by atoms with van der Waals surface area (Å²) in [4.78, 5) is 7.36. The van der Waals surface area contributed by atoms with Gasteiger partial charge in [-0.1, -0.05) is 19.1 Å². The zero-order chi connectivity index (χ0) is 14.2. The van der Waals surface area contributed by atoms with Gasteiger partial charge in [0.1, 0.15) is 5.01 Å². The number of hydrogen-bond acceptors (Lipinski definition) is 4. The third-order valence-corrected chi connectivity index (χ3v) is 5.30. The largest absolute Gasteiger partial charge is 0.311 e. The predicted octanol–water partition coefficient (Wildman–Crippen LogP) is 3.26. The molecular weight excluding hydrogens is 266 g/mol. The monoisotopic (exact) mass is 289 g/mol. The average molecular weight is 289 g/mol. The second kappa shape index (κ2) is 5.43. The minimum atomic E-state index is 0.198. The molecule has 0 radical (unpaired) electrons. The number of nitrogens with one attached hydrogen (secondary N) is 1. The van der Waals surface area contributed by atoms with Gasteiger partial charge in [-0.2, -0.15) is 0 Å². The predicted molar refractivity (Wildman–Crippen MR) is 86.2 cm³/mol. The molecule has 108 valence electrons. The van der Waals surface area contributed by atoms with Crippen molar-refractivity contribution in [3.8, 4) is 0 Å². The lowest BCUT2D eigenvalue weighted by molar-refractivity contribution is 0.0577. The first-order valence-corrected chi connectivity index (χ1v) is 8.23. The fourth-order valence-corrected chi connectivity index (χ4v) is 3.77. The van der Waals surface area contributed by atoms with Crippen LogP contribution in [0.2, 0.25) is 0 Å². The second-order valence-corrected chi connectivity index (χ2v) is 7.37. The van der Waals surface area contributed by atoms with Gasteiger partial charge < -0.3 is 5.32 Å². The quantitative estimate of drug-likeness (QED) is 0.940. The lowest BCUT2D eigenvalue weighted by Gasteiger charge is -2.45. The van der Waals surface area contributed by atoms with E-state index in [-0.39, 0.29) is 5.54 Å². The van der Waals surface area contributed by atoms with Gasteiger partial charge in [0.2, 0.25) is 0 Å². The van der Waals surface area contributed by atoms with Crippen molar-refractivity contribution in [2.75, 3.05) is 13.1 Å². The molecule has 0 spiro atoms. The van der Waals surface area contributed by atoms with E-state index >= 15 is 0 Å². The van der Waals surface area contributed by atoms with Crippen LogP contribution in [0.1, 0.15) is 32.2 Å². The number of para-hydroxylation sites is 1. The molecule has 0 aliphatic carbocycles. The number of hydrogen-bond donors (Lipinski definition) is 1. The Hall–Kier alpha value is -0.970. The van der Waals surface area contributed by atoms with Gasteiger partial charge in [0.15, 0.2) is 0 Å². The highest BCUT2D eigenvalue weighted by Gasteiger charge is 2.33. The molecule has 1 aliphatic heterocycles. The van der Waals surface area contributed by atoms with E-state index in [1.54, 1.807) is 0 Å². The number of aromatic nitrogens is 1. The summed E-state index contributed by atoms with van der Waals surface area (Å²) in [6.07, 6.45) is 1.19. The van der Waals surface area contributed by atoms with E-state index in [9.17, 15) is 0 Å². The van der Waals surface area contributed by atoms with Crippen molar-refractivity contribution in [1.29, 1.82) is 0 Å². The topological polar surface area (TPSA) is 28.2 Å². The van der Waals surface area contributed by atoms with Gasteiger partial charge in [-0.3, -0.25) is 4.90 Å². The Balaban J connectivity index is 1.80. The maximum atomic E-state index is 4.78. The molecule has 4 heteroatoms. The SMILES string of the molecule is CCC1CN(Cc2nc3ccccc3s2)C(C)(C)CN1. The fraction of sp³-hybridized carbons (Fsp3) is 0.562. The standard InChI is InChI=1S/C16H23N3S/c1-4-12-9-19(16(2,3)11-17-12)10-15-18-13-7-5-6-8-14(13)20-15/h5-8,12,17H,4,9-11H2,1-3H3. The zero-order valence-electron chi connectivity index (χ0n) is 12.5. The maximum absolute atomic E-state index is 4.78.